The third-order valence-corrected chi connectivity index (χ3v) is 3.04. The molecule has 0 radical (unpaired) electrons. The van der Waals surface area contributed by atoms with Gasteiger partial charge in [-0.25, -0.2) is 0 Å². The Hall–Kier alpha value is -1.26. The molecule has 0 fully saturated rings. The molecule has 0 heterocycles. The van der Waals surface area contributed by atoms with Gasteiger partial charge in [-0.3, -0.25) is 4.79 Å². The molecule has 0 aromatic heterocycles. The second-order valence-electron chi connectivity index (χ2n) is 4.97. The molecular formula is C16H27ClN2O2. The molecule has 0 atom stereocenters. The summed E-state index contributed by atoms with van der Waals surface area (Å²) in [6.07, 6.45) is 3.43. The van der Waals surface area contributed by atoms with Gasteiger partial charge in [0.15, 0.2) is 0 Å². The van der Waals surface area contributed by atoms with Gasteiger partial charge in [0, 0.05) is 12.1 Å². The molecule has 0 spiro atoms. The number of carbonyl (C=O) groups excluding carboxylic acids is 1. The van der Waals surface area contributed by atoms with Crippen molar-refractivity contribution >= 4 is 18.3 Å². The van der Waals surface area contributed by atoms with Gasteiger partial charge < -0.3 is 15.4 Å². The van der Waals surface area contributed by atoms with E-state index >= 15 is 0 Å². The van der Waals surface area contributed by atoms with E-state index in [-0.39, 0.29) is 18.3 Å². The van der Waals surface area contributed by atoms with Gasteiger partial charge in [0.05, 0.1) is 13.2 Å². The fraction of sp³-hybridized carbons (Fsp3) is 0.562. The van der Waals surface area contributed by atoms with Crippen LogP contribution in [-0.2, 0) is 11.3 Å². The van der Waals surface area contributed by atoms with E-state index in [0.717, 1.165) is 24.3 Å². The van der Waals surface area contributed by atoms with Crippen molar-refractivity contribution in [1.82, 2.24) is 10.6 Å². The standard InChI is InChI=1S/C16H26N2O2.ClH/c1-4-5-6-9-20-15-10-13(2)7-8-14(15)11-18-16(19)12-17-3;/h7-8,10,17H,4-6,9,11-12H2,1-3H3,(H,18,19);1H. The van der Waals surface area contributed by atoms with Gasteiger partial charge in [-0.1, -0.05) is 31.9 Å². The Kier molecular flexibility index (Phi) is 10.7. The number of likely N-dealkylation sites (N-methyl/N-ethyl adjacent to an activating group) is 1. The molecule has 0 aliphatic rings. The highest BCUT2D eigenvalue weighted by Crippen LogP contribution is 2.20. The van der Waals surface area contributed by atoms with Crippen LogP contribution in [0.5, 0.6) is 5.75 Å². The van der Waals surface area contributed by atoms with E-state index < -0.39 is 0 Å². The van der Waals surface area contributed by atoms with Gasteiger partial charge in [-0.05, 0) is 32.0 Å². The Morgan fingerprint density at radius 2 is 2.05 bits per heavy atom. The van der Waals surface area contributed by atoms with Crippen LogP contribution in [0.3, 0.4) is 0 Å². The maximum atomic E-state index is 11.5. The first-order chi connectivity index (χ1) is 9.67. The van der Waals surface area contributed by atoms with Crippen molar-refractivity contribution in [2.45, 2.75) is 39.7 Å². The lowest BCUT2D eigenvalue weighted by atomic mass is 10.1. The molecule has 5 heteroatoms. The highest BCUT2D eigenvalue weighted by molar-refractivity contribution is 5.85. The third-order valence-electron chi connectivity index (χ3n) is 3.04. The molecule has 2 N–H and O–H groups in total. The molecular weight excluding hydrogens is 288 g/mol. The van der Waals surface area contributed by atoms with Crippen LogP contribution in [-0.4, -0.2) is 26.1 Å². The summed E-state index contributed by atoms with van der Waals surface area (Å²) in [4.78, 5) is 11.5. The highest BCUT2D eigenvalue weighted by atomic mass is 35.5. The minimum atomic E-state index is -0.00925. The molecule has 1 aromatic carbocycles. The average molecular weight is 315 g/mol. The lowest BCUT2D eigenvalue weighted by molar-refractivity contribution is -0.120. The predicted octanol–water partition coefficient (Wildman–Crippen LogP) is 2.82. The molecule has 0 saturated carbocycles. The fourth-order valence-corrected chi connectivity index (χ4v) is 1.89. The van der Waals surface area contributed by atoms with Gasteiger partial charge >= 0.3 is 0 Å². The summed E-state index contributed by atoms with van der Waals surface area (Å²) in [6.45, 7) is 5.79. The lowest BCUT2D eigenvalue weighted by Crippen LogP contribution is -2.31. The first kappa shape index (κ1) is 19.7. The predicted molar refractivity (Wildman–Crippen MR) is 89.2 cm³/mol. The number of unbranched alkanes of at least 4 members (excludes halogenated alkanes) is 2. The Morgan fingerprint density at radius 1 is 1.29 bits per heavy atom. The largest absolute Gasteiger partial charge is 0.493 e. The van der Waals surface area contributed by atoms with Crippen molar-refractivity contribution < 1.29 is 9.53 Å². The Bertz CT molecular complexity index is 425. The smallest absolute Gasteiger partial charge is 0.234 e. The molecule has 1 aromatic rings. The summed E-state index contributed by atoms with van der Waals surface area (Å²) in [5, 5.41) is 5.71. The van der Waals surface area contributed by atoms with Crippen molar-refractivity contribution in [3.63, 3.8) is 0 Å². The second kappa shape index (κ2) is 11.4. The van der Waals surface area contributed by atoms with E-state index in [1.165, 1.54) is 18.4 Å². The zero-order chi connectivity index (χ0) is 14.8. The van der Waals surface area contributed by atoms with Gasteiger partial charge in [-0.2, -0.15) is 0 Å². The van der Waals surface area contributed by atoms with E-state index in [0.29, 0.717) is 13.1 Å². The molecule has 0 aliphatic heterocycles. The maximum Gasteiger partial charge on any atom is 0.234 e. The number of rotatable bonds is 9. The molecule has 1 rings (SSSR count). The average Bonchev–Trinajstić information content (AvgIpc) is 2.43. The number of amides is 1. The summed E-state index contributed by atoms with van der Waals surface area (Å²) < 4.78 is 5.85. The first-order valence-corrected chi connectivity index (χ1v) is 7.31. The topological polar surface area (TPSA) is 50.4 Å². The van der Waals surface area contributed by atoms with Crippen molar-refractivity contribution in [2.24, 2.45) is 0 Å². The Morgan fingerprint density at radius 3 is 2.71 bits per heavy atom. The number of aryl methyl sites for hydroxylation is 1. The summed E-state index contributed by atoms with van der Waals surface area (Å²) in [6, 6.07) is 6.09. The summed E-state index contributed by atoms with van der Waals surface area (Å²) in [5.74, 6) is 0.871. The van der Waals surface area contributed by atoms with Gasteiger partial charge in [0.2, 0.25) is 5.91 Å². The number of benzene rings is 1. The van der Waals surface area contributed by atoms with Crippen molar-refractivity contribution in [3.05, 3.63) is 29.3 Å². The Balaban J connectivity index is 0.00000400. The Labute approximate surface area is 134 Å². The van der Waals surface area contributed by atoms with Crippen LogP contribution in [0.4, 0.5) is 0 Å². The minimum Gasteiger partial charge on any atom is -0.493 e. The van der Waals surface area contributed by atoms with E-state index in [4.69, 9.17) is 4.74 Å². The normalized spacial score (nSPS) is 9.86. The SMILES string of the molecule is CCCCCOc1cc(C)ccc1CNC(=O)CNC.Cl. The summed E-state index contributed by atoms with van der Waals surface area (Å²) >= 11 is 0. The van der Waals surface area contributed by atoms with Crippen molar-refractivity contribution in [3.8, 4) is 5.75 Å². The fourth-order valence-electron chi connectivity index (χ4n) is 1.89. The zero-order valence-electron chi connectivity index (χ0n) is 13.2. The van der Waals surface area contributed by atoms with E-state index in [1.54, 1.807) is 7.05 Å². The van der Waals surface area contributed by atoms with E-state index in [9.17, 15) is 4.79 Å². The van der Waals surface area contributed by atoms with E-state index in [1.807, 2.05) is 25.1 Å². The minimum absolute atomic E-state index is 0. The van der Waals surface area contributed by atoms with E-state index in [2.05, 4.69) is 17.6 Å². The molecule has 0 aliphatic carbocycles. The quantitative estimate of drug-likeness (QED) is 0.689. The third kappa shape index (κ3) is 7.93. The monoisotopic (exact) mass is 314 g/mol. The second-order valence-corrected chi connectivity index (χ2v) is 4.97. The number of hydrogen-bond acceptors (Lipinski definition) is 3. The highest BCUT2D eigenvalue weighted by Gasteiger charge is 2.06. The maximum absolute atomic E-state index is 11.5. The van der Waals surface area contributed by atoms with Gasteiger partial charge in [-0.15, -0.1) is 12.4 Å². The molecule has 0 saturated heterocycles. The van der Waals surface area contributed by atoms with Crippen molar-refractivity contribution in [2.75, 3.05) is 20.2 Å². The van der Waals surface area contributed by atoms with Gasteiger partial charge in [0.25, 0.3) is 0 Å². The van der Waals surface area contributed by atoms with Crippen LogP contribution in [0.1, 0.15) is 37.3 Å². The molecule has 21 heavy (non-hydrogen) atoms. The van der Waals surface area contributed by atoms with Crippen LogP contribution < -0.4 is 15.4 Å². The van der Waals surface area contributed by atoms with Gasteiger partial charge in [0.1, 0.15) is 5.75 Å². The zero-order valence-corrected chi connectivity index (χ0v) is 14.0. The number of carbonyl (C=O) groups is 1. The molecule has 0 bridgehead atoms. The lowest BCUT2D eigenvalue weighted by Gasteiger charge is -2.13. The molecule has 120 valence electrons. The molecule has 4 nitrogen and oxygen atoms in total. The number of hydrogen-bond donors (Lipinski definition) is 2. The number of halogens is 1. The van der Waals surface area contributed by atoms with Crippen LogP contribution in [0.25, 0.3) is 0 Å². The number of nitrogens with one attached hydrogen (secondary N) is 2. The van der Waals surface area contributed by atoms with Crippen LogP contribution in [0.15, 0.2) is 18.2 Å². The van der Waals surface area contributed by atoms with Crippen LogP contribution >= 0.6 is 12.4 Å². The summed E-state index contributed by atoms with van der Waals surface area (Å²) in [5.41, 5.74) is 2.19. The molecule has 0 unspecified atom stereocenters. The first-order valence-electron chi connectivity index (χ1n) is 7.31. The number of ether oxygens (including phenoxy) is 1. The van der Waals surface area contributed by atoms with Crippen LogP contribution in [0.2, 0.25) is 0 Å². The molecule has 1 amide bonds. The van der Waals surface area contributed by atoms with Crippen LogP contribution in [0, 0.1) is 6.92 Å². The summed E-state index contributed by atoms with van der Waals surface area (Å²) in [7, 11) is 1.76. The van der Waals surface area contributed by atoms with Crippen molar-refractivity contribution in [1.29, 1.82) is 0 Å².